The number of nitrogens with two attached hydrogens (primary N) is 1. The maximum atomic E-state index is 9.73. The second-order valence-electron chi connectivity index (χ2n) is 5.66. The molecule has 0 bridgehead atoms. The van der Waals surface area contributed by atoms with Crippen LogP contribution in [-0.4, -0.2) is 44.2 Å². The number of aliphatic hydroxyl groups excluding tert-OH is 1. The zero-order chi connectivity index (χ0) is 13.9. The molecule has 1 aliphatic rings. The van der Waals surface area contributed by atoms with Crippen LogP contribution in [0.15, 0.2) is 0 Å². The molecule has 0 amide bonds. The summed E-state index contributed by atoms with van der Waals surface area (Å²) in [5.41, 5.74) is 5.79. The molecule has 114 valence electrons. The summed E-state index contributed by atoms with van der Waals surface area (Å²) in [6.45, 7) is 5.10. The molecule has 0 aromatic rings. The molecule has 19 heavy (non-hydrogen) atoms. The van der Waals surface area contributed by atoms with Crippen molar-refractivity contribution in [2.45, 2.75) is 51.6 Å². The fourth-order valence-electron chi connectivity index (χ4n) is 2.68. The van der Waals surface area contributed by atoms with Crippen LogP contribution in [-0.2, 0) is 9.47 Å². The third kappa shape index (κ3) is 7.25. The predicted octanol–water partition coefficient (Wildman–Crippen LogP) is 1.95. The quantitative estimate of drug-likeness (QED) is 0.597. The van der Waals surface area contributed by atoms with Crippen LogP contribution in [0.3, 0.4) is 0 Å². The molecular formula is C15H31NO3. The highest BCUT2D eigenvalue weighted by atomic mass is 16.5. The van der Waals surface area contributed by atoms with Gasteiger partial charge in [0.15, 0.2) is 0 Å². The molecule has 0 aromatic heterocycles. The minimum atomic E-state index is -0.503. The van der Waals surface area contributed by atoms with E-state index >= 15 is 0 Å². The molecule has 1 rings (SSSR count). The summed E-state index contributed by atoms with van der Waals surface area (Å²) >= 11 is 0. The average molecular weight is 273 g/mol. The maximum Gasteiger partial charge on any atom is 0.101 e. The Labute approximate surface area is 117 Å². The van der Waals surface area contributed by atoms with Crippen LogP contribution in [0.5, 0.6) is 0 Å². The van der Waals surface area contributed by atoms with E-state index in [4.69, 9.17) is 15.2 Å². The summed E-state index contributed by atoms with van der Waals surface area (Å²) in [6, 6.07) is 0. The number of aliphatic hydroxyl groups is 1. The standard InChI is InChI=1S/C15H31NO3/c1-2-3-8-18-11-15(17)12-19-10-14-7-5-4-6-13(14)9-16/h13-15,17H,2-12,16H2,1H3. The van der Waals surface area contributed by atoms with Crippen LogP contribution in [0.25, 0.3) is 0 Å². The van der Waals surface area contributed by atoms with Crippen molar-refractivity contribution in [3.8, 4) is 0 Å². The van der Waals surface area contributed by atoms with E-state index in [2.05, 4.69) is 6.92 Å². The number of hydrogen-bond acceptors (Lipinski definition) is 4. The van der Waals surface area contributed by atoms with E-state index in [1.54, 1.807) is 0 Å². The Kier molecular flexibility index (Phi) is 9.43. The minimum absolute atomic E-state index is 0.375. The van der Waals surface area contributed by atoms with Gasteiger partial charge in [-0.2, -0.15) is 0 Å². The number of rotatable bonds is 10. The van der Waals surface area contributed by atoms with Crippen LogP contribution in [0.2, 0.25) is 0 Å². The van der Waals surface area contributed by atoms with Gasteiger partial charge >= 0.3 is 0 Å². The Hall–Kier alpha value is -0.160. The first-order valence-corrected chi connectivity index (χ1v) is 7.81. The first-order chi connectivity index (χ1) is 9.27. The first-order valence-electron chi connectivity index (χ1n) is 7.81. The normalized spacial score (nSPS) is 25.4. The average Bonchev–Trinajstić information content (AvgIpc) is 2.44. The molecule has 4 heteroatoms. The molecule has 0 heterocycles. The van der Waals surface area contributed by atoms with Gasteiger partial charge in [0.05, 0.1) is 13.2 Å². The lowest BCUT2D eigenvalue weighted by Gasteiger charge is -2.30. The lowest BCUT2D eigenvalue weighted by atomic mass is 9.80. The fraction of sp³-hybridized carbons (Fsp3) is 1.00. The van der Waals surface area contributed by atoms with Crippen molar-refractivity contribution in [1.29, 1.82) is 0 Å². The van der Waals surface area contributed by atoms with Gasteiger partial charge in [0.1, 0.15) is 6.10 Å². The monoisotopic (exact) mass is 273 g/mol. The Morgan fingerprint density at radius 3 is 2.53 bits per heavy atom. The van der Waals surface area contributed by atoms with Gasteiger partial charge in [-0.15, -0.1) is 0 Å². The van der Waals surface area contributed by atoms with Crippen LogP contribution < -0.4 is 5.73 Å². The summed E-state index contributed by atoms with van der Waals surface area (Å²) in [7, 11) is 0. The van der Waals surface area contributed by atoms with Crippen molar-refractivity contribution in [3.05, 3.63) is 0 Å². The molecule has 0 radical (unpaired) electrons. The second-order valence-corrected chi connectivity index (χ2v) is 5.66. The van der Waals surface area contributed by atoms with E-state index in [9.17, 15) is 5.11 Å². The van der Waals surface area contributed by atoms with E-state index in [1.165, 1.54) is 25.7 Å². The maximum absolute atomic E-state index is 9.73. The lowest BCUT2D eigenvalue weighted by molar-refractivity contribution is -0.0338. The van der Waals surface area contributed by atoms with Crippen molar-refractivity contribution in [1.82, 2.24) is 0 Å². The molecule has 1 aliphatic carbocycles. The number of ether oxygens (including phenoxy) is 2. The SMILES string of the molecule is CCCCOCC(O)COCC1CCCCC1CN. The zero-order valence-electron chi connectivity index (χ0n) is 12.4. The fourth-order valence-corrected chi connectivity index (χ4v) is 2.68. The lowest BCUT2D eigenvalue weighted by Crippen LogP contribution is -2.31. The molecule has 0 aliphatic heterocycles. The van der Waals surface area contributed by atoms with E-state index in [1.807, 2.05) is 0 Å². The third-order valence-electron chi connectivity index (χ3n) is 3.96. The highest BCUT2D eigenvalue weighted by molar-refractivity contribution is 4.75. The number of unbranched alkanes of at least 4 members (excludes halogenated alkanes) is 1. The number of hydrogen-bond donors (Lipinski definition) is 2. The van der Waals surface area contributed by atoms with E-state index in [0.717, 1.165) is 32.6 Å². The van der Waals surface area contributed by atoms with Gasteiger partial charge in [0.25, 0.3) is 0 Å². The summed E-state index contributed by atoms with van der Waals surface area (Å²) in [4.78, 5) is 0. The molecule has 0 aromatic carbocycles. The Bertz CT molecular complexity index is 214. The Morgan fingerprint density at radius 2 is 1.84 bits per heavy atom. The third-order valence-corrected chi connectivity index (χ3v) is 3.96. The van der Waals surface area contributed by atoms with E-state index in [0.29, 0.717) is 25.0 Å². The van der Waals surface area contributed by atoms with E-state index in [-0.39, 0.29) is 0 Å². The summed E-state index contributed by atoms with van der Waals surface area (Å²) in [5, 5.41) is 9.73. The summed E-state index contributed by atoms with van der Waals surface area (Å²) in [5.74, 6) is 1.18. The first kappa shape index (κ1) is 16.9. The Balaban J connectivity index is 2.04. The predicted molar refractivity (Wildman–Crippen MR) is 77.1 cm³/mol. The zero-order valence-corrected chi connectivity index (χ0v) is 12.4. The largest absolute Gasteiger partial charge is 0.388 e. The highest BCUT2D eigenvalue weighted by Crippen LogP contribution is 2.29. The van der Waals surface area contributed by atoms with Gasteiger partial charge in [0.2, 0.25) is 0 Å². The van der Waals surface area contributed by atoms with Crippen molar-refractivity contribution in [2.75, 3.05) is 33.0 Å². The van der Waals surface area contributed by atoms with Crippen LogP contribution >= 0.6 is 0 Å². The smallest absolute Gasteiger partial charge is 0.101 e. The topological polar surface area (TPSA) is 64.7 Å². The van der Waals surface area contributed by atoms with Crippen molar-refractivity contribution in [2.24, 2.45) is 17.6 Å². The summed E-state index contributed by atoms with van der Waals surface area (Å²) in [6.07, 6.45) is 6.69. The van der Waals surface area contributed by atoms with Gasteiger partial charge in [-0.3, -0.25) is 0 Å². The molecule has 1 saturated carbocycles. The van der Waals surface area contributed by atoms with Crippen molar-refractivity contribution in [3.63, 3.8) is 0 Å². The molecule has 3 unspecified atom stereocenters. The molecule has 0 saturated heterocycles. The van der Waals surface area contributed by atoms with Crippen LogP contribution in [0, 0.1) is 11.8 Å². The molecular weight excluding hydrogens is 242 g/mol. The second kappa shape index (κ2) is 10.6. The van der Waals surface area contributed by atoms with Gasteiger partial charge in [-0.1, -0.05) is 26.2 Å². The van der Waals surface area contributed by atoms with Crippen molar-refractivity contribution < 1.29 is 14.6 Å². The highest BCUT2D eigenvalue weighted by Gasteiger charge is 2.24. The molecule has 3 atom stereocenters. The van der Waals surface area contributed by atoms with Gasteiger partial charge < -0.3 is 20.3 Å². The summed E-state index contributed by atoms with van der Waals surface area (Å²) < 4.78 is 11.0. The van der Waals surface area contributed by atoms with Gasteiger partial charge in [-0.25, -0.2) is 0 Å². The van der Waals surface area contributed by atoms with Gasteiger partial charge in [-0.05, 0) is 37.6 Å². The molecule has 4 nitrogen and oxygen atoms in total. The molecule has 0 spiro atoms. The van der Waals surface area contributed by atoms with Crippen molar-refractivity contribution >= 4 is 0 Å². The van der Waals surface area contributed by atoms with E-state index < -0.39 is 6.10 Å². The Morgan fingerprint density at radius 1 is 1.16 bits per heavy atom. The molecule has 1 fully saturated rings. The van der Waals surface area contributed by atoms with Gasteiger partial charge in [0, 0.05) is 13.2 Å². The van der Waals surface area contributed by atoms with Crippen LogP contribution in [0.4, 0.5) is 0 Å². The van der Waals surface area contributed by atoms with Crippen LogP contribution in [0.1, 0.15) is 45.4 Å². The minimum Gasteiger partial charge on any atom is -0.388 e. The molecule has 3 N–H and O–H groups in total.